The molecule has 0 atom stereocenters. The Hall–Kier alpha value is -2.74. The fourth-order valence-electron chi connectivity index (χ4n) is 1.74. The van der Waals surface area contributed by atoms with Gasteiger partial charge in [-0.05, 0) is 31.5 Å². The Morgan fingerprint density at radius 1 is 1.21 bits per heavy atom. The summed E-state index contributed by atoms with van der Waals surface area (Å²) in [6, 6.07) is 7.39. The van der Waals surface area contributed by atoms with Gasteiger partial charge in [0, 0.05) is 25.1 Å². The molecule has 0 spiro atoms. The lowest BCUT2D eigenvalue weighted by molar-refractivity contribution is -0.139. The van der Waals surface area contributed by atoms with Crippen molar-refractivity contribution in [2.75, 3.05) is 25.6 Å². The van der Waals surface area contributed by atoms with Crippen LogP contribution in [0, 0.1) is 6.92 Å². The highest BCUT2D eigenvalue weighted by molar-refractivity contribution is 6.35. The highest BCUT2D eigenvalue weighted by atomic mass is 16.5. The third-order valence-electron chi connectivity index (χ3n) is 2.86. The summed E-state index contributed by atoms with van der Waals surface area (Å²) in [7, 11) is 1.49. The number of carbonyl (C=O) groups is 3. The van der Waals surface area contributed by atoms with Crippen molar-refractivity contribution in [3.63, 3.8) is 0 Å². The van der Waals surface area contributed by atoms with Gasteiger partial charge in [-0.15, -0.1) is 0 Å². The van der Waals surface area contributed by atoms with Gasteiger partial charge in [0.05, 0.1) is 13.0 Å². The van der Waals surface area contributed by atoms with E-state index < -0.39 is 11.8 Å². The maximum Gasteiger partial charge on any atom is 0.329 e. The van der Waals surface area contributed by atoms with Crippen LogP contribution in [0.1, 0.15) is 18.9 Å². The monoisotopic (exact) mass is 334 g/mol. The van der Waals surface area contributed by atoms with E-state index >= 15 is 0 Å². The van der Waals surface area contributed by atoms with E-state index in [4.69, 9.17) is 4.74 Å². The van der Waals surface area contributed by atoms with Gasteiger partial charge in [-0.1, -0.05) is 12.1 Å². The van der Waals surface area contributed by atoms with Crippen molar-refractivity contribution in [2.24, 2.45) is 5.10 Å². The second-order valence-electron chi connectivity index (χ2n) is 5.13. The predicted molar refractivity (Wildman–Crippen MR) is 90.6 cm³/mol. The van der Waals surface area contributed by atoms with Gasteiger partial charge in [0.1, 0.15) is 0 Å². The highest BCUT2D eigenvalue weighted by Crippen LogP contribution is 2.09. The number of hydrazone groups is 1. The smallest absolute Gasteiger partial charge is 0.329 e. The minimum absolute atomic E-state index is 0.000480. The number of ether oxygens (including phenoxy) is 1. The number of nitrogens with zero attached hydrogens (tertiary/aromatic N) is 1. The molecule has 8 heteroatoms. The first-order chi connectivity index (χ1) is 11.4. The van der Waals surface area contributed by atoms with E-state index in [0.29, 0.717) is 18.0 Å². The number of amides is 3. The minimum Gasteiger partial charge on any atom is -0.383 e. The molecule has 0 heterocycles. The molecule has 3 amide bonds. The summed E-state index contributed by atoms with van der Waals surface area (Å²) in [6.45, 7) is 4.04. The number of aryl methyl sites for hydroxylation is 1. The number of methoxy groups -OCH3 is 1. The average molecular weight is 334 g/mol. The number of anilines is 1. The predicted octanol–water partition coefficient (Wildman–Crippen LogP) is 0.578. The van der Waals surface area contributed by atoms with Crippen LogP contribution in [0.15, 0.2) is 29.4 Å². The molecule has 0 bridgehead atoms. The lowest BCUT2D eigenvalue weighted by Crippen LogP contribution is -2.39. The molecule has 0 saturated heterocycles. The van der Waals surface area contributed by atoms with Gasteiger partial charge in [-0.25, -0.2) is 5.43 Å². The molecule has 1 aromatic rings. The van der Waals surface area contributed by atoms with E-state index in [9.17, 15) is 14.4 Å². The zero-order chi connectivity index (χ0) is 17.9. The van der Waals surface area contributed by atoms with E-state index in [2.05, 4.69) is 21.2 Å². The van der Waals surface area contributed by atoms with Gasteiger partial charge in [0.15, 0.2) is 0 Å². The van der Waals surface area contributed by atoms with Crippen LogP contribution >= 0.6 is 0 Å². The van der Waals surface area contributed by atoms with Gasteiger partial charge in [0.25, 0.3) is 0 Å². The number of nitrogens with one attached hydrogen (secondary N) is 3. The first-order valence-corrected chi connectivity index (χ1v) is 7.39. The second-order valence-corrected chi connectivity index (χ2v) is 5.13. The Kier molecular flexibility index (Phi) is 8.14. The average Bonchev–Trinajstić information content (AvgIpc) is 2.52. The number of carbonyl (C=O) groups excluding carboxylic acids is 3. The van der Waals surface area contributed by atoms with Crippen molar-refractivity contribution in [2.45, 2.75) is 20.3 Å². The molecule has 1 aromatic carbocycles. The van der Waals surface area contributed by atoms with Gasteiger partial charge in [-0.2, -0.15) is 5.10 Å². The van der Waals surface area contributed by atoms with Crippen molar-refractivity contribution in [3.05, 3.63) is 29.8 Å². The Morgan fingerprint density at radius 3 is 2.62 bits per heavy atom. The van der Waals surface area contributed by atoms with E-state index in [1.54, 1.807) is 13.0 Å². The van der Waals surface area contributed by atoms with Crippen LogP contribution in [0.4, 0.5) is 5.69 Å². The maximum absolute atomic E-state index is 11.9. The van der Waals surface area contributed by atoms with E-state index in [1.165, 1.54) is 7.11 Å². The fourth-order valence-corrected chi connectivity index (χ4v) is 1.74. The van der Waals surface area contributed by atoms with Crippen molar-refractivity contribution < 1.29 is 19.1 Å². The molecule has 0 saturated carbocycles. The lowest BCUT2D eigenvalue weighted by atomic mass is 10.2. The topological polar surface area (TPSA) is 109 Å². The fraction of sp³-hybridized carbons (Fsp3) is 0.375. The SMILES string of the molecule is COCCNC(=O)C(=O)N/N=C(\C)CC(=O)Nc1cccc(C)c1. The number of hydrogen-bond donors (Lipinski definition) is 3. The summed E-state index contributed by atoms with van der Waals surface area (Å²) in [6.07, 6.45) is -0.000480. The van der Waals surface area contributed by atoms with Crippen LogP contribution < -0.4 is 16.1 Å². The Balaban J connectivity index is 2.41. The van der Waals surface area contributed by atoms with Crippen molar-refractivity contribution >= 4 is 29.1 Å². The minimum atomic E-state index is -0.899. The van der Waals surface area contributed by atoms with E-state index in [-0.39, 0.29) is 18.9 Å². The molecule has 8 nitrogen and oxygen atoms in total. The summed E-state index contributed by atoms with van der Waals surface area (Å²) in [5.74, 6) is -1.97. The second kappa shape index (κ2) is 10.1. The van der Waals surface area contributed by atoms with Crippen LogP contribution in [0.25, 0.3) is 0 Å². The summed E-state index contributed by atoms with van der Waals surface area (Å²) in [5.41, 5.74) is 4.20. The molecule has 0 aliphatic heterocycles. The van der Waals surface area contributed by atoms with Gasteiger partial charge >= 0.3 is 11.8 Å². The molecule has 0 unspecified atom stereocenters. The van der Waals surface area contributed by atoms with Crippen molar-refractivity contribution in [3.8, 4) is 0 Å². The third kappa shape index (κ3) is 7.50. The van der Waals surface area contributed by atoms with Gasteiger partial charge < -0.3 is 15.4 Å². The van der Waals surface area contributed by atoms with Gasteiger partial charge in [-0.3, -0.25) is 14.4 Å². The quantitative estimate of drug-likeness (QED) is 0.293. The molecule has 0 aromatic heterocycles. The van der Waals surface area contributed by atoms with E-state index in [0.717, 1.165) is 5.56 Å². The molecule has 0 fully saturated rings. The highest BCUT2D eigenvalue weighted by Gasteiger charge is 2.12. The summed E-state index contributed by atoms with van der Waals surface area (Å²) < 4.78 is 4.75. The van der Waals surface area contributed by atoms with Gasteiger partial charge in [0.2, 0.25) is 5.91 Å². The summed E-state index contributed by atoms with van der Waals surface area (Å²) >= 11 is 0. The van der Waals surface area contributed by atoms with E-state index in [1.807, 2.05) is 25.1 Å². The molecular weight excluding hydrogens is 312 g/mol. The first-order valence-electron chi connectivity index (χ1n) is 7.39. The third-order valence-corrected chi connectivity index (χ3v) is 2.86. The number of benzene rings is 1. The molecule has 3 N–H and O–H groups in total. The maximum atomic E-state index is 11.9. The molecular formula is C16H22N4O4. The molecule has 0 aliphatic carbocycles. The molecule has 1 rings (SSSR count). The first kappa shape index (κ1) is 19.3. The van der Waals surface area contributed by atoms with Crippen LogP contribution in [0.2, 0.25) is 0 Å². The van der Waals surface area contributed by atoms with Crippen molar-refractivity contribution in [1.82, 2.24) is 10.7 Å². The van der Waals surface area contributed by atoms with Crippen LogP contribution in [-0.2, 0) is 19.1 Å². The zero-order valence-electron chi connectivity index (χ0n) is 14.0. The Bertz CT molecular complexity index is 628. The lowest BCUT2D eigenvalue weighted by Gasteiger charge is -2.06. The Morgan fingerprint density at radius 2 is 1.96 bits per heavy atom. The normalized spacial score (nSPS) is 10.9. The molecule has 130 valence electrons. The Labute approximate surface area is 140 Å². The molecule has 0 aliphatic rings. The number of hydrogen-bond acceptors (Lipinski definition) is 5. The standard InChI is InChI=1S/C16H22N4O4/c1-11-5-4-6-13(9-11)18-14(21)10-12(2)19-20-16(23)15(22)17-7-8-24-3/h4-6,9H,7-8,10H2,1-3H3,(H,17,22)(H,18,21)(H,20,23)/b19-12+. The van der Waals surface area contributed by atoms with Crippen LogP contribution in [0.3, 0.4) is 0 Å². The van der Waals surface area contributed by atoms with Crippen LogP contribution in [-0.4, -0.2) is 43.7 Å². The molecule has 24 heavy (non-hydrogen) atoms. The van der Waals surface area contributed by atoms with Crippen LogP contribution in [0.5, 0.6) is 0 Å². The largest absolute Gasteiger partial charge is 0.383 e. The zero-order valence-corrected chi connectivity index (χ0v) is 14.0. The molecule has 0 radical (unpaired) electrons. The summed E-state index contributed by atoms with van der Waals surface area (Å²) in [4.78, 5) is 34.8. The summed E-state index contributed by atoms with van der Waals surface area (Å²) in [5, 5.41) is 8.83. The van der Waals surface area contributed by atoms with Crippen molar-refractivity contribution in [1.29, 1.82) is 0 Å². The number of rotatable bonds is 7.